The van der Waals surface area contributed by atoms with E-state index in [-0.39, 0.29) is 30.2 Å². The number of aryl methyl sites for hydroxylation is 1. The minimum Gasteiger partial charge on any atom is -0.338 e. The predicted molar refractivity (Wildman–Crippen MR) is 80.7 cm³/mol. The van der Waals surface area contributed by atoms with Crippen LogP contribution < -0.4 is 5.73 Å². The Balaban J connectivity index is 0.00000200. The Labute approximate surface area is 125 Å². The van der Waals surface area contributed by atoms with Crippen LogP contribution in [0.1, 0.15) is 35.7 Å². The van der Waals surface area contributed by atoms with E-state index in [2.05, 4.69) is 0 Å². The van der Waals surface area contributed by atoms with Gasteiger partial charge >= 0.3 is 0 Å². The van der Waals surface area contributed by atoms with E-state index in [1.54, 1.807) is 13.0 Å². The zero-order valence-electron chi connectivity index (χ0n) is 11.9. The summed E-state index contributed by atoms with van der Waals surface area (Å²) in [6.07, 6.45) is 2.06. The second-order valence-corrected chi connectivity index (χ2v) is 5.47. The first-order valence-electron chi connectivity index (χ1n) is 6.80. The Bertz CT molecular complexity index is 479. The third-order valence-electron chi connectivity index (χ3n) is 3.91. The van der Waals surface area contributed by atoms with Gasteiger partial charge in [-0.25, -0.2) is 4.39 Å². The molecule has 1 aliphatic rings. The van der Waals surface area contributed by atoms with Crippen LogP contribution in [0.5, 0.6) is 0 Å². The lowest BCUT2D eigenvalue weighted by molar-refractivity contribution is 0.0660. The van der Waals surface area contributed by atoms with Crippen molar-refractivity contribution in [3.8, 4) is 0 Å². The normalized spacial score (nSPS) is 20.2. The SMILES string of the molecule is Cc1cc(F)ccc1C(=O)N1CCCC(C(C)N)C1.Cl. The van der Waals surface area contributed by atoms with Crippen LogP contribution in [-0.2, 0) is 0 Å². The lowest BCUT2D eigenvalue weighted by Crippen LogP contribution is -2.45. The maximum atomic E-state index is 13.1. The van der Waals surface area contributed by atoms with Crippen LogP contribution >= 0.6 is 12.4 Å². The van der Waals surface area contributed by atoms with Gasteiger partial charge in [0.05, 0.1) is 0 Å². The van der Waals surface area contributed by atoms with Gasteiger partial charge in [-0.05, 0) is 56.4 Å². The Morgan fingerprint density at radius 3 is 2.80 bits per heavy atom. The fraction of sp³-hybridized carbons (Fsp3) is 0.533. The Morgan fingerprint density at radius 1 is 1.50 bits per heavy atom. The van der Waals surface area contributed by atoms with Crippen molar-refractivity contribution in [1.82, 2.24) is 4.90 Å². The molecule has 1 aromatic carbocycles. The van der Waals surface area contributed by atoms with Gasteiger partial charge in [-0.2, -0.15) is 0 Å². The first kappa shape index (κ1) is 16.9. The molecule has 0 aromatic heterocycles. The fourth-order valence-corrected chi connectivity index (χ4v) is 2.66. The summed E-state index contributed by atoms with van der Waals surface area (Å²) >= 11 is 0. The highest BCUT2D eigenvalue weighted by Gasteiger charge is 2.27. The molecular formula is C15H22ClFN2O. The number of halogens is 2. The van der Waals surface area contributed by atoms with Crippen molar-refractivity contribution in [2.75, 3.05) is 13.1 Å². The molecule has 2 unspecified atom stereocenters. The molecule has 2 atom stereocenters. The molecule has 0 bridgehead atoms. The van der Waals surface area contributed by atoms with Crippen LogP contribution in [0.2, 0.25) is 0 Å². The second kappa shape index (κ2) is 7.04. The average Bonchev–Trinajstić information content (AvgIpc) is 2.38. The minimum absolute atomic E-state index is 0. The zero-order chi connectivity index (χ0) is 14.0. The summed E-state index contributed by atoms with van der Waals surface area (Å²) in [6, 6.07) is 4.42. The third-order valence-corrected chi connectivity index (χ3v) is 3.91. The maximum absolute atomic E-state index is 13.1. The fourth-order valence-electron chi connectivity index (χ4n) is 2.66. The lowest BCUT2D eigenvalue weighted by atomic mass is 9.91. The summed E-state index contributed by atoms with van der Waals surface area (Å²) in [5.41, 5.74) is 7.21. The number of benzene rings is 1. The highest BCUT2D eigenvalue weighted by Crippen LogP contribution is 2.21. The molecule has 20 heavy (non-hydrogen) atoms. The minimum atomic E-state index is -0.304. The molecule has 3 nitrogen and oxygen atoms in total. The monoisotopic (exact) mass is 300 g/mol. The number of hydrogen-bond donors (Lipinski definition) is 1. The van der Waals surface area contributed by atoms with Gasteiger partial charge in [-0.1, -0.05) is 0 Å². The summed E-state index contributed by atoms with van der Waals surface area (Å²) in [6.45, 7) is 5.22. The Kier molecular flexibility index (Phi) is 5.96. The molecule has 1 aliphatic heterocycles. The number of nitrogens with two attached hydrogens (primary N) is 1. The van der Waals surface area contributed by atoms with Gasteiger partial charge in [0.15, 0.2) is 0 Å². The first-order chi connectivity index (χ1) is 8.99. The molecule has 2 N–H and O–H groups in total. The molecule has 5 heteroatoms. The number of carbonyl (C=O) groups excluding carboxylic acids is 1. The van der Waals surface area contributed by atoms with Crippen LogP contribution in [-0.4, -0.2) is 29.9 Å². The smallest absolute Gasteiger partial charge is 0.254 e. The highest BCUT2D eigenvalue weighted by atomic mass is 35.5. The largest absolute Gasteiger partial charge is 0.338 e. The van der Waals surface area contributed by atoms with Gasteiger partial charge in [0, 0.05) is 24.7 Å². The van der Waals surface area contributed by atoms with Crippen LogP contribution in [0.4, 0.5) is 4.39 Å². The molecule has 2 rings (SSSR count). The number of likely N-dealkylation sites (tertiary alicyclic amines) is 1. The van der Waals surface area contributed by atoms with E-state index in [0.717, 1.165) is 19.4 Å². The first-order valence-corrected chi connectivity index (χ1v) is 6.80. The summed E-state index contributed by atoms with van der Waals surface area (Å²) in [7, 11) is 0. The van der Waals surface area contributed by atoms with Crippen molar-refractivity contribution in [3.05, 3.63) is 35.1 Å². The van der Waals surface area contributed by atoms with Crippen molar-refractivity contribution in [3.63, 3.8) is 0 Å². The van der Waals surface area contributed by atoms with E-state index in [0.29, 0.717) is 23.6 Å². The van der Waals surface area contributed by atoms with Crippen molar-refractivity contribution in [2.45, 2.75) is 32.7 Å². The van der Waals surface area contributed by atoms with E-state index < -0.39 is 0 Å². The van der Waals surface area contributed by atoms with Crippen LogP contribution in [0, 0.1) is 18.7 Å². The molecule has 0 spiro atoms. The molecule has 0 radical (unpaired) electrons. The van der Waals surface area contributed by atoms with E-state index >= 15 is 0 Å². The van der Waals surface area contributed by atoms with E-state index in [1.807, 2.05) is 11.8 Å². The Hall–Kier alpha value is -1.13. The van der Waals surface area contributed by atoms with Crippen molar-refractivity contribution in [2.24, 2.45) is 11.7 Å². The molecule has 1 heterocycles. The predicted octanol–water partition coefficient (Wildman–Crippen LogP) is 2.76. The number of carbonyl (C=O) groups is 1. The Morgan fingerprint density at radius 2 is 2.20 bits per heavy atom. The van der Waals surface area contributed by atoms with Gasteiger partial charge in [-0.15, -0.1) is 12.4 Å². The summed E-state index contributed by atoms with van der Waals surface area (Å²) in [4.78, 5) is 14.3. The van der Waals surface area contributed by atoms with E-state index in [9.17, 15) is 9.18 Å². The number of amides is 1. The molecule has 112 valence electrons. The van der Waals surface area contributed by atoms with Crippen molar-refractivity contribution >= 4 is 18.3 Å². The lowest BCUT2D eigenvalue weighted by Gasteiger charge is -2.35. The summed E-state index contributed by atoms with van der Waals surface area (Å²) in [5, 5.41) is 0. The molecule has 1 fully saturated rings. The van der Waals surface area contributed by atoms with Crippen LogP contribution in [0.15, 0.2) is 18.2 Å². The molecular weight excluding hydrogens is 279 g/mol. The van der Waals surface area contributed by atoms with Crippen molar-refractivity contribution in [1.29, 1.82) is 0 Å². The quantitative estimate of drug-likeness (QED) is 0.913. The number of hydrogen-bond acceptors (Lipinski definition) is 2. The zero-order valence-corrected chi connectivity index (χ0v) is 12.8. The molecule has 1 aromatic rings. The number of rotatable bonds is 2. The molecule has 1 saturated heterocycles. The van der Waals surface area contributed by atoms with Gasteiger partial charge in [0.1, 0.15) is 5.82 Å². The van der Waals surface area contributed by atoms with Crippen LogP contribution in [0.25, 0.3) is 0 Å². The second-order valence-electron chi connectivity index (χ2n) is 5.47. The third kappa shape index (κ3) is 3.70. The van der Waals surface area contributed by atoms with Gasteiger partial charge in [0.2, 0.25) is 0 Å². The molecule has 1 amide bonds. The van der Waals surface area contributed by atoms with Gasteiger partial charge in [0.25, 0.3) is 5.91 Å². The van der Waals surface area contributed by atoms with Crippen LogP contribution in [0.3, 0.4) is 0 Å². The van der Waals surface area contributed by atoms with E-state index in [4.69, 9.17) is 5.73 Å². The highest BCUT2D eigenvalue weighted by molar-refractivity contribution is 5.95. The average molecular weight is 301 g/mol. The van der Waals surface area contributed by atoms with E-state index in [1.165, 1.54) is 12.1 Å². The maximum Gasteiger partial charge on any atom is 0.254 e. The number of nitrogens with zero attached hydrogens (tertiary/aromatic N) is 1. The van der Waals surface area contributed by atoms with Crippen molar-refractivity contribution < 1.29 is 9.18 Å². The molecule has 0 aliphatic carbocycles. The summed E-state index contributed by atoms with van der Waals surface area (Å²) < 4.78 is 13.1. The topological polar surface area (TPSA) is 46.3 Å². The molecule has 0 saturated carbocycles. The van der Waals surface area contributed by atoms with Gasteiger partial charge in [-0.3, -0.25) is 4.79 Å². The van der Waals surface area contributed by atoms with Gasteiger partial charge < -0.3 is 10.6 Å². The number of piperidine rings is 1. The summed E-state index contributed by atoms with van der Waals surface area (Å²) in [5.74, 6) is 0.0439. The standard InChI is InChI=1S/C15H21FN2O.ClH/c1-10-8-13(16)5-6-14(10)15(19)18-7-3-4-12(9-18)11(2)17;/h5-6,8,11-12H,3-4,7,9,17H2,1-2H3;1H.